The Kier molecular flexibility index (Phi) is 4.01. The minimum absolute atomic E-state index is 0.805. The Morgan fingerprint density at radius 2 is 2.23 bits per heavy atom. The van der Waals surface area contributed by atoms with Gasteiger partial charge in [-0.15, -0.1) is 0 Å². The molecule has 1 rings (SSSR count). The Morgan fingerprint density at radius 3 is 2.77 bits per heavy atom. The molecule has 13 heavy (non-hydrogen) atoms. The smallest absolute Gasteiger partial charge is 0.0408 e. The summed E-state index contributed by atoms with van der Waals surface area (Å²) in [6.45, 7) is 5.89. The lowest BCUT2D eigenvalue weighted by atomic mass is 10.0. The third-order valence-electron chi connectivity index (χ3n) is 1.97. The molecule has 1 aromatic rings. The average Bonchev–Trinajstić information content (AvgIpc) is 2.02. The zero-order chi connectivity index (χ0) is 9.84. The molecule has 0 saturated carbocycles. The summed E-state index contributed by atoms with van der Waals surface area (Å²) in [4.78, 5) is 0. The molecular weight excluding hydrogens is 247 g/mol. The lowest BCUT2D eigenvalue weighted by Crippen LogP contribution is -1.89. The molecule has 0 aliphatic heterocycles. The van der Waals surface area contributed by atoms with Crippen molar-refractivity contribution in [2.45, 2.75) is 19.8 Å². The first-order valence-corrected chi connectivity index (χ1v) is 5.35. The highest BCUT2D eigenvalue weighted by Gasteiger charge is 1.99. The van der Waals surface area contributed by atoms with Crippen molar-refractivity contribution >= 4 is 27.5 Å². The van der Waals surface area contributed by atoms with Crippen molar-refractivity contribution in [2.75, 3.05) is 0 Å². The summed E-state index contributed by atoms with van der Waals surface area (Å²) in [6.07, 6.45) is 2.00. The normalized spacial score (nSPS) is 10.1. The maximum Gasteiger partial charge on any atom is 0.0408 e. The largest absolute Gasteiger partial charge is 0.0888 e. The van der Waals surface area contributed by atoms with Crippen molar-refractivity contribution in [3.63, 3.8) is 0 Å². The van der Waals surface area contributed by atoms with Crippen molar-refractivity contribution in [1.29, 1.82) is 0 Å². The Bertz CT molecular complexity index is 318. The number of halogens is 2. The van der Waals surface area contributed by atoms with Crippen LogP contribution < -0.4 is 0 Å². The lowest BCUT2D eigenvalue weighted by molar-refractivity contribution is 0.982. The summed E-state index contributed by atoms with van der Waals surface area (Å²) in [5.41, 5.74) is 2.59. The second kappa shape index (κ2) is 4.83. The van der Waals surface area contributed by atoms with E-state index in [0.717, 1.165) is 22.3 Å². The number of hydrogen-bond acceptors (Lipinski definition) is 0. The second-order valence-electron chi connectivity index (χ2n) is 3.09. The molecule has 0 N–H and O–H groups in total. The van der Waals surface area contributed by atoms with Gasteiger partial charge in [0.1, 0.15) is 0 Å². The van der Waals surface area contributed by atoms with Crippen LogP contribution in [0.5, 0.6) is 0 Å². The molecule has 0 fully saturated rings. The monoisotopic (exact) mass is 258 g/mol. The molecule has 1 aromatic carbocycles. The van der Waals surface area contributed by atoms with E-state index in [1.54, 1.807) is 0 Å². The van der Waals surface area contributed by atoms with Crippen molar-refractivity contribution in [3.8, 4) is 0 Å². The molecule has 0 bridgehead atoms. The van der Waals surface area contributed by atoms with Gasteiger partial charge in [-0.1, -0.05) is 40.2 Å². The fraction of sp³-hybridized carbons (Fsp3) is 0.273. The molecule has 0 aliphatic rings. The predicted octanol–water partition coefficient (Wildman–Crippen LogP) is 4.49. The van der Waals surface area contributed by atoms with Gasteiger partial charge in [0.05, 0.1) is 0 Å². The van der Waals surface area contributed by atoms with Crippen molar-refractivity contribution < 1.29 is 0 Å². The van der Waals surface area contributed by atoms with Crippen LogP contribution in [0, 0.1) is 6.92 Å². The first-order chi connectivity index (χ1) is 6.09. The molecule has 0 unspecified atom stereocenters. The Balaban J connectivity index is 2.72. The van der Waals surface area contributed by atoms with Crippen LogP contribution in [-0.4, -0.2) is 0 Å². The highest BCUT2D eigenvalue weighted by atomic mass is 79.9. The van der Waals surface area contributed by atoms with Gasteiger partial charge in [-0.05, 0) is 47.5 Å². The Hall–Kier alpha value is -0.270. The minimum atomic E-state index is 0.805. The van der Waals surface area contributed by atoms with Gasteiger partial charge in [0.25, 0.3) is 0 Å². The molecule has 0 radical (unpaired) electrons. The first kappa shape index (κ1) is 10.8. The Labute approximate surface area is 92.7 Å². The fourth-order valence-electron chi connectivity index (χ4n) is 1.21. The molecular formula is C11H12BrCl. The van der Waals surface area contributed by atoms with Gasteiger partial charge in [-0.3, -0.25) is 0 Å². The van der Waals surface area contributed by atoms with E-state index in [0.29, 0.717) is 0 Å². The quantitative estimate of drug-likeness (QED) is 0.750. The molecule has 0 aromatic heterocycles. The number of aryl methyl sites for hydroxylation is 2. The van der Waals surface area contributed by atoms with Crippen LogP contribution in [0.2, 0.25) is 5.02 Å². The van der Waals surface area contributed by atoms with Gasteiger partial charge < -0.3 is 0 Å². The third-order valence-corrected chi connectivity index (χ3v) is 2.60. The standard InChI is InChI=1S/C11H12BrCl/c1-8-7-11(13)6-5-10(8)4-3-9(2)12/h5-7H,2-4H2,1H3. The minimum Gasteiger partial charge on any atom is -0.0888 e. The van der Waals surface area contributed by atoms with E-state index in [1.165, 1.54) is 11.1 Å². The van der Waals surface area contributed by atoms with Gasteiger partial charge in [-0.25, -0.2) is 0 Å². The molecule has 0 aliphatic carbocycles. The van der Waals surface area contributed by atoms with Crippen LogP contribution in [0.15, 0.2) is 29.3 Å². The van der Waals surface area contributed by atoms with E-state index >= 15 is 0 Å². The van der Waals surface area contributed by atoms with Gasteiger partial charge in [0.2, 0.25) is 0 Å². The number of benzene rings is 1. The highest BCUT2D eigenvalue weighted by Crippen LogP contribution is 2.19. The molecule has 0 saturated heterocycles. The van der Waals surface area contributed by atoms with Gasteiger partial charge in [-0.2, -0.15) is 0 Å². The molecule has 2 heteroatoms. The molecule has 70 valence electrons. The van der Waals surface area contributed by atoms with Crippen LogP contribution in [0.3, 0.4) is 0 Å². The number of rotatable bonds is 3. The first-order valence-electron chi connectivity index (χ1n) is 4.18. The van der Waals surface area contributed by atoms with Crippen molar-refractivity contribution in [1.82, 2.24) is 0 Å². The number of allylic oxidation sites excluding steroid dienone is 1. The molecule has 0 atom stereocenters. The summed E-state index contributed by atoms with van der Waals surface area (Å²) in [6, 6.07) is 6.00. The topological polar surface area (TPSA) is 0 Å². The van der Waals surface area contributed by atoms with Crippen LogP contribution >= 0.6 is 27.5 Å². The van der Waals surface area contributed by atoms with E-state index in [9.17, 15) is 0 Å². The number of hydrogen-bond donors (Lipinski definition) is 0. The second-order valence-corrected chi connectivity index (χ2v) is 4.65. The molecule has 0 heterocycles. The summed E-state index contributed by atoms with van der Waals surface area (Å²) >= 11 is 9.20. The summed E-state index contributed by atoms with van der Waals surface area (Å²) in [5.74, 6) is 0. The molecule has 0 spiro atoms. The zero-order valence-corrected chi connectivity index (χ0v) is 9.95. The van der Waals surface area contributed by atoms with E-state index < -0.39 is 0 Å². The van der Waals surface area contributed by atoms with Crippen LogP contribution in [0.1, 0.15) is 17.5 Å². The summed E-state index contributed by atoms with van der Waals surface area (Å²) < 4.78 is 1.04. The maximum atomic E-state index is 5.85. The average molecular weight is 260 g/mol. The maximum absolute atomic E-state index is 5.85. The third kappa shape index (κ3) is 3.53. The van der Waals surface area contributed by atoms with E-state index in [2.05, 4.69) is 35.5 Å². The van der Waals surface area contributed by atoms with Crippen LogP contribution in [-0.2, 0) is 6.42 Å². The van der Waals surface area contributed by atoms with E-state index in [-0.39, 0.29) is 0 Å². The fourth-order valence-corrected chi connectivity index (χ4v) is 1.64. The van der Waals surface area contributed by atoms with Crippen LogP contribution in [0.25, 0.3) is 0 Å². The molecule has 0 amide bonds. The van der Waals surface area contributed by atoms with Gasteiger partial charge >= 0.3 is 0 Å². The summed E-state index contributed by atoms with van der Waals surface area (Å²) in [7, 11) is 0. The van der Waals surface area contributed by atoms with Crippen molar-refractivity contribution in [2.24, 2.45) is 0 Å². The molecule has 0 nitrogen and oxygen atoms in total. The zero-order valence-electron chi connectivity index (χ0n) is 7.61. The van der Waals surface area contributed by atoms with Crippen molar-refractivity contribution in [3.05, 3.63) is 45.4 Å². The van der Waals surface area contributed by atoms with E-state index in [1.807, 2.05) is 12.1 Å². The van der Waals surface area contributed by atoms with E-state index in [4.69, 9.17) is 11.6 Å². The highest BCUT2D eigenvalue weighted by molar-refractivity contribution is 9.11. The SMILES string of the molecule is C=C(Br)CCc1ccc(Cl)cc1C. The predicted molar refractivity (Wildman–Crippen MR) is 62.6 cm³/mol. The van der Waals surface area contributed by atoms with Gasteiger partial charge in [0, 0.05) is 5.02 Å². The summed E-state index contributed by atoms with van der Waals surface area (Å²) in [5, 5.41) is 0.805. The van der Waals surface area contributed by atoms with Gasteiger partial charge in [0.15, 0.2) is 0 Å². The lowest BCUT2D eigenvalue weighted by Gasteiger charge is -2.04. The Morgan fingerprint density at radius 1 is 1.54 bits per heavy atom. The van der Waals surface area contributed by atoms with Crippen LogP contribution in [0.4, 0.5) is 0 Å².